The van der Waals surface area contributed by atoms with Crippen LogP contribution in [0.4, 0.5) is 0 Å². The van der Waals surface area contributed by atoms with Crippen molar-refractivity contribution in [2.45, 2.75) is 38.5 Å². The number of carbonyl (C=O) groups is 2. The summed E-state index contributed by atoms with van der Waals surface area (Å²) in [5.74, 6) is 1.49. The van der Waals surface area contributed by atoms with Crippen molar-refractivity contribution in [1.29, 1.82) is 0 Å². The number of benzene rings is 2. The first-order chi connectivity index (χ1) is 17.2. The molecule has 2 saturated heterocycles. The molecule has 2 amide bonds. The summed E-state index contributed by atoms with van der Waals surface area (Å²) < 4.78 is 5.87. The predicted molar refractivity (Wildman–Crippen MR) is 136 cm³/mol. The number of pyridine rings is 1. The first-order valence-electron chi connectivity index (χ1n) is 12.8. The highest BCUT2D eigenvalue weighted by Gasteiger charge is 2.23. The first-order valence-corrected chi connectivity index (χ1v) is 12.8. The molecule has 0 saturated carbocycles. The number of likely N-dealkylation sites (tertiary alicyclic amines) is 2. The minimum Gasteiger partial charge on any atom is -0.492 e. The zero-order valence-corrected chi connectivity index (χ0v) is 20.2. The number of amides is 2. The number of fused-ring (bicyclic) bond motifs is 1. The molecule has 0 unspecified atom stereocenters. The number of nitrogens with zero attached hydrogens (tertiary/aromatic N) is 3. The normalized spacial score (nSPS) is 18.6. The maximum Gasteiger partial charge on any atom is 0.253 e. The predicted octanol–water partition coefficient (Wildman–Crippen LogP) is 4.72. The molecular formula is C29H33N3O3. The Labute approximate surface area is 206 Å². The Kier molecular flexibility index (Phi) is 7.26. The standard InChI is InChI=1S/C29H33N3O3/c33-27-12-5-15-31(27)18-19-35-26-11-2-9-25(21-26)29(34)32-16-4-6-22(13-17-32)20-24-8-1-7-23-10-3-14-30-28(23)24/h1-3,7-11,14,21-22H,4-6,12-13,15-20H2/t22-/m1/s1. The van der Waals surface area contributed by atoms with Crippen molar-refractivity contribution >= 4 is 22.7 Å². The van der Waals surface area contributed by atoms with Gasteiger partial charge in [-0.05, 0) is 67.9 Å². The van der Waals surface area contributed by atoms with E-state index in [1.807, 2.05) is 46.3 Å². The van der Waals surface area contributed by atoms with Crippen molar-refractivity contribution in [2.24, 2.45) is 5.92 Å². The van der Waals surface area contributed by atoms with E-state index in [4.69, 9.17) is 4.74 Å². The SMILES string of the molecule is O=C1CCCN1CCOc1cccc(C(=O)N2CCC[C@@H](Cc3cccc4cccnc34)CC2)c1. The molecule has 0 N–H and O–H groups in total. The van der Waals surface area contributed by atoms with Crippen molar-refractivity contribution in [3.63, 3.8) is 0 Å². The monoisotopic (exact) mass is 471 g/mol. The lowest BCUT2D eigenvalue weighted by Gasteiger charge is -2.21. The van der Waals surface area contributed by atoms with E-state index in [1.165, 1.54) is 10.9 Å². The van der Waals surface area contributed by atoms with E-state index in [0.29, 0.717) is 36.8 Å². The Balaban J connectivity index is 1.17. The fraction of sp³-hybridized carbons (Fsp3) is 0.414. The topological polar surface area (TPSA) is 62.7 Å². The maximum absolute atomic E-state index is 13.3. The average Bonchev–Trinajstić information content (AvgIpc) is 3.15. The van der Waals surface area contributed by atoms with Gasteiger partial charge >= 0.3 is 0 Å². The molecule has 1 atom stereocenters. The summed E-state index contributed by atoms with van der Waals surface area (Å²) in [5, 5.41) is 1.18. The smallest absolute Gasteiger partial charge is 0.253 e. The third-order valence-corrected chi connectivity index (χ3v) is 7.24. The van der Waals surface area contributed by atoms with Crippen molar-refractivity contribution in [3.05, 3.63) is 71.9 Å². The fourth-order valence-corrected chi connectivity index (χ4v) is 5.33. The van der Waals surface area contributed by atoms with Crippen LogP contribution in [-0.2, 0) is 11.2 Å². The number of para-hydroxylation sites is 1. The second-order valence-electron chi connectivity index (χ2n) is 9.65. The lowest BCUT2D eigenvalue weighted by Crippen LogP contribution is -2.32. The van der Waals surface area contributed by atoms with E-state index >= 15 is 0 Å². The van der Waals surface area contributed by atoms with Crippen LogP contribution in [-0.4, -0.2) is 59.4 Å². The summed E-state index contributed by atoms with van der Waals surface area (Å²) >= 11 is 0. The van der Waals surface area contributed by atoms with Gasteiger partial charge in [-0.25, -0.2) is 0 Å². The van der Waals surface area contributed by atoms with E-state index < -0.39 is 0 Å². The van der Waals surface area contributed by atoms with Gasteiger partial charge in [-0.1, -0.05) is 30.3 Å². The van der Waals surface area contributed by atoms with Gasteiger partial charge < -0.3 is 14.5 Å². The molecule has 0 bridgehead atoms. The molecule has 6 heteroatoms. The highest BCUT2D eigenvalue weighted by molar-refractivity contribution is 5.94. The molecule has 0 radical (unpaired) electrons. The quantitative estimate of drug-likeness (QED) is 0.500. The van der Waals surface area contributed by atoms with Gasteiger partial charge in [0.2, 0.25) is 5.91 Å². The van der Waals surface area contributed by atoms with Crippen LogP contribution in [0.5, 0.6) is 5.75 Å². The lowest BCUT2D eigenvalue weighted by atomic mass is 9.91. The van der Waals surface area contributed by atoms with Gasteiger partial charge in [-0.2, -0.15) is 0 Å². The molecule has 182 valence electrons. The summed E-state index contributed by atoms with van der Waals surface area (Å²) in [5.41, 5.74) is 3.06. The summed E-state index contributed by atoms with van der Waals surface area (Å²) in [6.07, 6.45) is 7.55. The van der Waals surface area contributed by atoms with E-state index in [2.05, 4.69) is 29.2 Å². The average molecular weight is 472 g/mol. The van der Waals surface area contributed by atoms with Gasteiger partial charge in [0.1, 0.15) is 12.4 Å². The maximum atomic E-state index is 13.3. The number of ether oxygens (including phenoxy) is 1. The van der Waals surface area contributed by atoms with Gasteiger partial charge in [-0.3, -0.25) is 14.6 Å². The van der Waals surface area contributed by atoms with Crippen LogP contribution in [0.25, 0.3) is 10.9 Å². The molecule has 2 aromatic carbocycles. The Morgan fingerprint density at radius 1 is 1.00 bits per heavy atom. The second kappa shape index (κ2) is 10.9. The summed E-state index contributed by atoms with van der Waals surface area (Å²) in [4.78, 5) is 33.5. The molecule has 5 rings (SSSR count). The zero-order chi connectivity index (χ0) is 24.0. The van der Waals surface area contributed by atoms with Crippen molar-refractivity contribution in [1.82, 2.24) is 14.8 Å². The van der Waals surface area contributed by atoms with Crippen LogP contribution in [0.2, 0.25) is 0 Å². The van der Waals surface area contributed by atoms with Crippen LogP contribution in [0, 0.1) is 5.92 Å². The zero-order valence-electron chi connectivity index (χ0n) is 20.2. The third-order valence-electron chi connectivity index (χ3n) is 7.24. The molecule has 2 aliphatic heterocycles. The molecule has 0 aliphatic carbocycles. The van der Waals surface area contributed by atoms with Gasteiger partial charge in [0.05, 0.1) is 12.1 Å². The second-order valence-corrected chi connectivity index (χ2v) is 9.65. The molecule has 2 fully saturated rings. The molecular weight excluding hydrogens is 438 g/mol. The molecule has 3 aromatic rings. The Morgan fingerprint density at radius 3 is 2.77 bits per heavy atom. The molecule has 3 heterocycles. The first kappa shape index (κ1) is 23.3. The number of hydrogen-bond acceptors (Lipinski definition) is 4. The highest BCUT2D eigenvalue weighted by atomic mass is 16.5. The van der Waals surface area contributed by atoms with Crippen LogP contribution >= 0.6 is 0 Å². The van der Waals surface area contributed by atoms with Gasteiger partial charge in [-0.15, -0.1) is 0 Å². The lowest BCUT2D eigenvalue weighted by molar-refractivity contribution is -0.128. The number of aromatic nitrogens is 1. The van der Waals surface area contributed by atoms with Crippen molar-refractivity contribution < 1.29 is 14.3 Å². The molecule has 1 aromatic heterocycles. The van der Waals surface area contributed by atoms with E-state index in [-0.39, 0.29) is 11.8 Å². The summed E-state index contributed by atoms with van der Waals surface area (Å²) in [6, 6.07) is 18.0. The Morgan fingerprint density at radius 2 is 1.89 bits per heavy atom. The Hall–Kier alpha value is -3.41. The van der Waals surface area contributed by atoms with Crippen LogP contribution in [0.1, 0.15) is 48.0 Å². The van der Waals surface area contributed by atoms with Crippen LogP contribution in [0.3, 0.4) is 0 Å². The van der Waals surface area contributed by atoms with E-state index in [1.54, 1.807) is 0 Å². The van der Waals surface area contributed by atoms with Gasteiger partial charge in [0.15, 0.2) is 0 Å². The molecule has 35 heavy (non-hydrogen) atoms. The Bertz CT molecular complexity index is 1190. The minimum absolute atomic E-state index is 0.0673. The summed E-state index contributed by atoms with van der Waals surface area (Å²) in [6.45, 7) is 3.40. The van der Waals surface area contributed by atoms with E-state index in [0.717, 1.165) is 57.3 Å². The third kappa shape index (κ3) is 5.64. The van der Waals surface area contributed by atoms with Gasteiger partial charge in [0, 0.05) is 43.2 Å². The van der Waals surface area contributed by atoms with Crippen molar-refractivity contribution in [3.8, 4) is 5.75 Å². The van der Waals surface area contributed by atoms with Crippen molar-refractivity contribution in [2.75, 3.05) is 32.8 Å². The summed E-state index contributed by atoms with van der Waals surface area (Å²) in [7, 11) is 0. The van der Waals surface area contributed by atoms with Gasteiger partial charge in [0.25, 0.3) is 5.91 Å². The fourth-order valence-electron chi connectivity index (χ4n) is 5.33. The molecule has 2 aliphatic rings. The van der Waals surface area contributed by atoms with E-state index in [9.17, 15) is 9.59 Å². The highest BCUT2D eigenvalue weighted by Crippen LogP contribution is 2.26. The largest absolute Gasteiger partial charge is 0.492 e. The van der Waals surface area contributed by atoms with Crippen LogP contribution in [0.15, 0.2) is 60.8 Å². The number of carbonyl (C=O) groups excluding carboxylic acids is 2. The number of rotatable bonds is 7. The number of hydrogen-bond donors (Lipinski definition) is 0. The van der Waals surface area contributed by atoms with Crippen LogP contribution < -0.4 is 4.74 Å². The minimum atomic E-state index is 0.0673. The molecule has 0 spiro atoms. The molecule has 6 nitrogen and oxygen atoms in total.